The maximum atomic E-state index is 11.9. The summed E-state index contributed by atoms with van der Waals surface area (Å²) < 4.78 is 25.5. The molecule has 1 aromatic rings. The maximum absolute atomic E-state index is 11.9. The summed E-state index contributed by atoms with van der Waals surface area (Å²) in [7, 11) is -2.31. The number of carboxylic acids is 1. The highest BCUT2D eigenvalue weighted by Gasteiger charge is 2.26. The summed E-state index contributed by atoms with van der Waals surface area (Å²) in [5, 5.41) is 11.4. The van der Waals surface area contributed by atoms with Gasteiger partial charge in [0, 0.05) is 11.6 Å². The number of hydrogen-bond donors (Lipinski definition) is 3. The summed E-state index contributed by atoms with van der Waals surface area (Å²) in [6, 6.07) is 5.72. The van der Waals surface area contributed by atoms with Crippen LogP contribution in [0.1, 0.15) is 13.8 Å². The van der Waals surface area contributed by atoms with Crippen molar-refractivity contribution in [3.05, 3.63) is 24.3 Å². The Morgan fingerprint density at radius 3 is 2.33 bits per heavy atom. The van der Waals surface area contributed by atoms with Crippen LogP contribution in [0.3, 0.4) is 0 Å². The Bertz CT molecular complexity index is 642. The maximum Gasteiger partial charge on any atom is 0.307 e. The Morgan fingerprint density at radius 1 is 1.19 bits per heavy atom. The molecule has 0 saturated carbocycles. The second-order valence-corrected chi connectivity index (χ2v) is 6.53. The van der Waals surface area contributed by atoms with E-state index in [1.54, 1.807) is 0 Å². The van der Waals surface area contributed by atoms with Gasteiger partial charge in [0.25, 0.3) is 0 Å². The monoisotopic (exact) mass is 314 g/mol. The molecule has 0 saturated heterocycles. The van der Waals surface area contributed by atoms with E-state index in [4.69, 9.17) is 5.11 Å². The molecule has 0 fully saturated rings. The number of anilines is 1. The molecular weight excluding hydrogens is 296 g/mol. The number of hydrogen-bond acceptors (Lipinski definition) is 4. The van der Waals surface area contributed by atoms with Crippen LogP contribution in [0, 0.1) is 11.8 Å². The fraction of sp³-hybridized carbons (Fsp3) is 0.385. The normalized spacial score (nSPS) is 14.2. The van der Waals surface area contributed by atoms with Crippen LogP contribution in [0.5, 0.6) is 0 Å². The molecule has 8 heteroatoms. The average molecular weight is 314 g/mol. The second kappa shape index (κ2) is 6.68. The average Bonchev–Trinajstić information content (AvgIpc) is 2.45. The zero-order valence-corrected chi connectivity index (χ0v) is 12.8. The van der Waals surface area contributed by atoms with Gasteiger partial charge in [-0.1, -0.05) is 19.9 Å². The SMILES string of the molecule is CNS(=O)(=O)c1cccc(NC(=O)C(C)C(C)C(=O)O)c1. The molecule has 2 unspecified atom stereocenters. The number of aliphatic carboxylic acids is 1. The van der Waals surface area contributed by atoms with Gasteiger partial charge in [0.2, 0.25) is 15.9 Å². The third kappa shape index (κ3) is 4.27. The van der Waals surface area contributed by atoms with Crippen molar-refractivity contribution in [1.82, 2.24) is 4.72 Å². The van der Waals surface area contributed by atoms with Crippen LogP contribution in [0.15, 0.2) is 29.2 Å². The first-order valence-electron chi connectivity index (χ1n) is 6.26. The molecular formula is C13H18N2O5S. The van der Waals surface area contributed by atoms with E-state index < -0.39 is 33.7 Å². The highest BCUT2D eigenvalue weighted by Crippen LogP contribution is 2.18. The Labute approximate surface area is 123 Å². The van der Waals surface area contributed by atoms with E-state index in [2.05, 4.69) is 10.0 Å². The molecule has 0 radical (unpaired) electrons. The molecule has 116 valence electrons. The van der Waals surface area contributed by atoms with Crippen molar-refractivity contribution in [3.8, 4) is 0 Å². The van der Waals surface area contributed by atoms with Gasteiger partial charge >= 0.3 is 5.97 Å². The van der Waals surface area contributed by atoms with Gasteiger partial charge in [0.1, 0.15) is 0 Å². The fourth-order valence-corrected chi connectivity index (χ4v) is 2.33. The van der Waals surface area contributed by atoms with E-state index in [1.807, 2.05) is 0 Å². The summed E-state index contributed by atoms with van der Waals surface area (Å²) in [6.45, 7) is 2.94. The highest BCUT2D eigenvalue weighted by molar-refractivity contribution is 7.89. The van der Waals surface area contributed by atoms with Crippen LogP contribution >= 0.6 is 0 Å². The van der Waals surface area contributed by atoms with Crippen molar-refractivity contribution >= 4 is 27.6 Å². The molecule has 1 aromatic carbocycles. The van der Waals surface area contributed by atoms with Crippen molar-refractivity contribution in [2.75, 3.05) is 12.4 Å². The van der Waals surface area contributed by atoms with E-state index in [-0.39, 0.29) is 4.90 Å². The fourth-order valence-electron chi connectivity index (χ4n) is 1.56. The summed E-state index contributed by atoms with van der Waals surface area (Å²) in [5.41, 5.74) is 0.292. The molecule has 21 heavy (non-hydrogen) atoms. The van der Waals surface area contributed by atoms with Crippen LogP contribution in [0.4, 0.5) is 5.69 Å². The Balaban J connectivity index is 2.92. The number of benzene rings is 1. The zero-order valence-electron chi connectivity index (χ0n) is 12.0. The lowest BCUT2D eigenvalue weighted by molar-refractivity contribution is -0.145. The minimum atomic E-state index is -3.60. The third-order valence-corrected chi connectivity index (χ3v) is 4.65. The Kier molecular flexibility index (Phi) is 5.45. The van der Waals surface area contributed by atoms with Gasteiger partial charge in [-0.2, -0.15) is 0 Å². The van der Waals surface area contributed by atoms with Crippen molar-refractivity contribution in [1.29, 1.82) is 0 Å². The third-order valence-electron chi connectivity index (χ3n) is 3.23. The largest absolute Gasteiger partial charge is 0.481 e. The smallest absolute Gasteiger partial charge is 0.307 e. The van der Waals surface area contributed by atoms with Gasteiger partial charge < -0.3 is 10.4 Å². The molecule has 0 aliphatic rings. The predicted molar refractivity (Wildman–Crippen MR) is 77.3 cm³/mol. The standard InChI is InChI=1S/C13H18N2O5S/c1-8(9(2)13(17)18)12(16)15-10-5-4-6-11(7-10)21(19,20)14-3/h4-9,14H,1-3H3,(H,15,16)(H,17,18). The van der Waals surface area contributed by atoms with Crippen LogP contribution in [-0.4, -0.2) is 32.4 Å². The van der Waals surface area contributed by atoms with Crippen molar-refractivity contribution < 1.29 is 23.1 Å². The first-order chi connectivity index (χ1) is 9.69. The molecule has 1 amide bonds. The first kappa shape index (κ1) is 17.1. The van der Waals surface area contributed by atoms with E-state index in [0.29, 0.717) is 5.69 Å². The second-order valence-electron chi connectivity index (χ2n) is 4.64. The Morgan fingerprint density at radius 2 is 1.81 bits per heavy atom. The van der Waals surface area contributed by atoms with Crippen LogP contribution in [-0.2, 0) is 19.6 Å². The van der Waals surface area contributed by atoms with E-state index >= 15 is 0 Å². The highest BCUT2D eigenvalue weighted by atomic mass is 32.2. The van der Waals surface area contributed by atoms with E-state index in [9.17, 15) is 18.0 Å². The van der Waals surface area contributed by atoms with Gasteiger partial charge in [-0.15, -0.1) is 0 Å². The zero-order chi connectivity index (χ0) is 16.2. The number of carbonyl (C=O) groups is 2. The molecule has 0 spiro atoms. The quantitative estimate of drug-likeness (QED) is 0.722. The molecule has 0 aliphatic carbocycles. The Hall–Kier alpha value is -1.93. The molecule has 0 bridgehead atoms. The lowest BCUT2D eigenvalue weighted by Gasteiger charge is -2.16. The topological polar surface area (TPSA) is 113 Å². The molecule has 3 N–H and O–H groups in total. The molecule has 2 atom stereocenters. The van der Waals surface area contributed by atoms with Gasteiger partial charge in [0.15, 0.2) is 0 Å². The van der Waals surface area contributed by atoms with Gasteiger partial charge in [-0.05, 0) is 25.2 Å². The number of amides is 1. The number of carbonyl (C=O) groups excluding carboxylic acids is 1. The summed E-state index contributed by atoms with van der Waals surface area (Å²) in [4.78, 5) is 22.8. The number of rotatable bonds is 6. The number of carboxylic acid groups (broad SMARTS) is 1. The minimum absolute atomic E-state index is 0.0155. The van der Waals surface area contributed by atoms with Gasteiger partial charge in [-0.3, -0.25) is 9.59 Å². The van der Waals surface area contributed by atoms with Crippen molar-refractivity contribution in [2.24, 2.45) is 11.8 Å². The summed E-state index contributed by atoms with van der Waals surface area (Å²) >= 11 is 0. The first-order valence-corrected chi connectivity index (χ1v) is 7.74. The van der Waals surface area contributed by atoms with Gasteiger partial charge in [-0.25, -0.2) is 13.1 Å². The molecule has 1 rings (SSSR count). The number of sulfonamides is 1. The summed E-state index contributed by atoms with van der Waals surface area (Å²) in [6.07, 6.45) is 0. The van der Waals surface area contributed by atoms with E-state index in [0.717, 1.165) is 0 Å². The van der Waals surface area contributed by atoms with Crippen molar-refractivity contribution in [3.63, 3.8) is 0 Å². The predicted octanol–water partition coefficient (Wildman–Crippen LogP) is 0.890. The lowest BCUT2D eigenvalue weighted by atomic mass is 9.95. The van der Waals surface area contributed by atoms with Crippen LogP contribution < -0.4 is 10.0 Å². The molecule has 0 aliphatic heterocycles. The minimum Gasteiger partial charge on any atom is -0.481 e. The van der Waals surface area contributed by atoms with E-state index in [1.165, 1.54) is 45.2 Å². The summed E-state index contributed by atoms with van der Waals surface area (Å²) in [5.74, 6) is -3.13. The van der Waals surface area contributed by atoms with Gasteiger partial charge in [0.05, 0.1) is 10.8 Å². The molecule has 7 nitrogen and oxygen atoms in total. The molecule has 0 aromatic heterocycles. The lowest BCUT2D eigenvalue weighted by Crippen LogP contribution is -2.30. The molecule has 0 heterocycles. The van der Waals surface area contributed by atoms with Crippen LogP contribution in [0.2, 0.25) is 0 Å². The van der Waals surface area contributed by atoms with Crippen molar-refractivity contribution in [2.45, 2.75) is 18.7 Å². The van der Waals surface area contributed by atoms with Crippen LogP contribution in [0.25, 0.3) is 0 Å². The number of nitrogens with one attached hydrogen (secondary N) is 2.